The number of pyridine rings is 1. The zero-order valence-electron chi connectivity index (χ0n) is 14.8. The second-order valence-electron chi connectivity index (χ2n) is 5.68. The van der Waals surface area contributed by atoms with Gasteiger partial charge in [-0.1, -0.05) is 29.1 Å². The summed E-state index contributed by atoms with van der Waals surface area (Å²) >= 11 is 1.30. The lowest BCUT2D eigenvalue weighted by molar-refractivity contribution is -0.119. The van der Waals surface area contributed by atoms with Crippen molar-refractivity contribution in [2.24, 2.45) is 0 Å². The van der Waals surface area contributed by atoms with E-state index < -0.39 is 24.3 Å². The number of aryl methyl sites for hydroxylation is 1. The summed E-state index contributed by atoms with van der Waals surface area (Å²) in [7, 11) is 0. The van der Waals surface area contributed by atoms with E-state index in [1.165, 1.54) is 30.0 Å². The van der Waals surface area contributed by atoms with Gasteiger partial charge in [0.05, 0.1) is 16.9 Å². The summed E-state index contributed by atoms with van der Waals surface area (Å²) < 4.78 is 23.6. The van der Waals surface area contributed by atoms with Crippen LogP contribution in [0.2, 0.25) is 0 Å². The van der Waals surface area contributed by atoms with Gasteiger partial charge >= 0.3 is 5.97 Å². The lowest BCUT2D eigenvalue weighted by Crippen LogP contribution is -2.21. The molecule has 0 unspecified atom stereocenters. The zero-order valence-corrected chi connectivity index (χ0v) is 15.7. The Balaban J connectivity index is 1.58. The van der Waals surface area contributed by atoms with Crippen molar-refractivity contribution in [3.8, 4) is 0 Å². The SMILES string of the molecule is Cc1cc(CSc2ncccc2C(=O)OCC(=O)Nc2ccccc2F)no1. The molecule has 0 aliphatic heterocycles. The number of hydrogen-bond acceptors (Lipinski definition) is 7. The molecule has 1 amide bonds. The molecule has 0 aliphatic carbocycles. The van der Waals surface area contributed by atoms with Crippen LogP contribution < -0.4 is 5.32 Å². The average Bonchev–Trinajstić information content (AvgIpc) is 3.12. The lowest BCUT2D eigenvalue weighted by atomic mass is 10.3. The van der Waals surface area contributed by atoms with Crippen molar-refractivity contribution in [1.82, 2.24) is 10.1 Å². The fourth-order valence-corrected chi connectivity index (χ4v) is 3.11. The normalized spacial score (nSPS) is 10.5. The molecule has 2 aromatic heterocycles. The Hall–Kier alpha value is -3.20. The van der Waals surface area contributed by atoms with Crippen molar-refractivity contribution in [3.63, 3.8) is 0 Å². The molecule has 2 heterocycles. The Morgan fingerprint density at radius 2 is 2.07 bits per heavy atom. The third-order valence-corrected chi connectivity index (χ3v) is 4.55. The zero-order chi connectivity index (χ0) is 19.9. The van der Waals surface area contributed by atoms with Crippen LogP contribution in [0, 0.1) is 12.7 Å². The highest BCUT2D eigenvalue weighted by atomic mass is 32.2. The van der Waals surface area contributed by atoms with Gasteiger partial charge in [0, 0.05) is 18.0 Å². The molecule has 0 fully saturated rings. The van der Waals surface area contributed by atoms with Gasteiger partial charge in [0.1, 0.15) is 16.6 Å². The smallest absolute Gasteiger partial charge is 0.341 e. The summed E-state index contributed by atoms with van der Waals surface area (Å²) in [6.07, 6.45) is 1.55. The van der Waals surface area contributed by atoms with Crippen LogP contribution in [0.4, 0.5) is 10.1 Å². The van der Waals surface area contributed by atoms with Gasteiger partial charge in [0.2, 0.25) is 0 Å². The Morgan fingerprint density at radius 1 is 1.25 bits per heavy atom. The average molecular weight is 401 g/mol. The number of nitrogens with one attached hydrogen (secondary N) is 1. The highest BCUT2D eigenvalue weighted by Crippen LogP contribution is 2.24. The molecule has 1 aromatic carbocycles. The molecule has 0 saturated carbocycles. The maximum absolute atomic E-state index is 13.5. The first-order valence-corrected chi connectivity index (χ1v) is 9.23. The van der Waals surface area contributed by atoms with Gasteiger partial charge in [-0.2, -0.15) is 0 Å². The van der Waals surface area contributed by atoms with Crippen molar-refractivity contribution in [2.75, 3.05) is 11.9 Å². The molecule has 0 radical (unpaired) electrons. The Kier molecular flexibility index (Phi) is 6.38. The minimum atomic E-state index is -0.699. The van der Waals surface area contributed by atoms with E-state index in [0.717, 1.165) is 5.69 Å². The number of ether oxygens (including phenoxy) is 1. The van der Waals surface area contributed by atoms with E-state index in [2.05, 4.69) is 15.5 Å². The van der Waals surface area contributed by atoms with Crippen LogP contribution in [-0.4, -0.2) is 28.6 Å². The number of anilines is 1. The van der Waals surface area contributed by atoms with Gasteiger partial charge in [-0.3, -0.25) is 4.79 Å². The minimum absolute atomic E-state index is 0.0177. The second-order valence-corrected chi connectivity index (χ2v) is 6.64. The summed E-state index contributed by atoms with van der Waals surface area (Å²) in [5.74, 6) is -0.763. The Morgan fingerprint density at radius 3 is 2.82 bits per heavy atom. The second kappa shape index (κ2) is 9.14. The van der Waals surface area contributed by atoms with Crippen LogP contribution in [0.1, 0.15) is 21.8 Å². The predicted octanol–water partition coefficient (Wildman–Crippen LogP) is 3.60. The van der Waals surface area contributed by atoms with Gasteiger partial charge in [-0.15, -0.1) is 0 Å². The third-order valence-electron chi connectivity index (χ3n) is 3.51. The number of hydrogen-bond donors (Lipinski definition) is 1. The van der Waals surface area contributed by atoms with Crippen molar-refractivity contribution < 1.29 is 23.2 Å². The minimum Gasteiger partial charge on any atom is -0.452 e. The van der Waals surface area contributed by atoms with Crippen LogP contribution in [-0.2, 0) is 15.3 Å². The molecule has 0 saturated heterocycles. The van der Waals surface area contributed by atoms with E-state index >= 15 is 0 Å². The number of thioether (sulfide) groups is 1. The number of carbonyl (C=O) groups excluding carboxylic acids is 2. The molecular formula is C19H16FN3O4S. The molecule has 9 heteroatoms. The number of rotatable bonds is 7. The summed E-state index contributed by atoms with van der Waals surface area (Å²) in [5, 5.41) is 6.69. The summed E-state index contributed by atoms with van der Waals surface area (Å²) in [4.78, 5) is 28.4. The molecule has 0 aliphatic rings. The third kappa shape index (κ3) is 5.17. The highest BCUT2D eigenvalue weighted by Gasteiger charge is 2.17. The van der Waals surface area contributed by atoms with Crippen molar-refractivity contribution >= 4 is 29.3 Å². The van der Waals surface area contributed by atoms with Crippen molar-refractivity contribution in [1.29, 1.82) is 0 Å². The fourth-order valence-electron chi connectivity index (χ4n) is 2.25. The van der Waals surface area contributed by atoms with E-state index in [-0.39, 0.29) is 11.3 Å². The van der Waals surface area contributed by atoms with Gasteiger partial charge in [0.25, 0.3) is 5.91 Å². The number of para-hydroxylation sites is 1. The fraction of sp³-hybridized carbons (Fsp3) is 0.158. The quantitative estimate of drug-likeness (QED) is 0.477. The lowest BCUT2D eigenvalue weighted by Gasteiger charge is -2.09. The predicted molar refractivity (Wildman–Crippen MR) is 100 cm³/mol. The summed E-state index contributed by atoms with van der Waals surface area (Å²) in [6.45, 7) is 1.24. The van der Waals surface area contributed by atoms with Gasteiger partial charge in [-0.25, -0.2) is 14.2 Å². The number of nitrogens with zero attached hydrogens (tertiary/aromatic N) is 2. The van der Waals surface area contributed by atoms with E-state index in [1.54, 1.807) is 37.4 Å². The van der Waals surface area contributed by atoms with Crippen molar-refractivity contribution in [2.45, 2.75) is 17.7 Å². The van der Waals surface area contributed by atoms with E-state index in [1.807, 2.05) is 0 Å². The number of esters is 1. The van der Waals surface area contributed by atoms with Crippen LogP contribution in [0.3, 0.4) is 0 Å². The molecular weight excluding hydrogens is 385 g/mol. The van der Waals surface area contributed by atoms with E-state index in [4.69, 9.17) is 9.26 Å². The Bertz CT molecular complexity index is 993. The van der Waals surface area contributed by atoms with Crippen LogP contribution in [0.5, 0.6) is 0 Å². The largest absolute Gasteiger partial charge is 0.452 e. The molecule has 3 aromatic rings. The van der Waals surface area contributed by atoms with Crippen LogP contribution in [0.25, 0.3) is 0 Å². The number of aromatic nitrogens is 2. The standard InChI is InChI=1S/C19H16FN3O4S/c1-12-9-13(23-27-12)11-28-18-14(5-4-8-21-18)19(25)26-10-17(24)22-16-7-3-2-6-15(16)20/h2-9H,10-11H2,1H3,(H,22,24). The van der Waals surface area contributed by atoms with Crippen molar-refractivity contribution in [3.05, 3.63) is 71.5 Å². The number of benzene rings is 1. The molecule has 144 valence electrons. The van der Waals surface area contributed by atoms with E-state index in [9.17, 15) is 14.0 Å². The van der Waals surface area contributed by atoms with E-state index in [0.29, 0.717) is 16.5 Å². The summed E-state index contributed by atoms with van der Waals surface area (Å²) in [5.41, 5.74) is 0.965. The monoisotopic (exact) mass is 401 g/mol. The van der Waals surface area contributed by atoms with Crippen LogP contribution >= 0.6 is 11.8 Å². The Labute approximate surface area is 164 Å². The number of amides is 1. The first-order valence-electron chi connectivity index (χ1n) is 8.24. The molecule has 28 heavy (non-hydrogen) atoms. The van der Waals surface area contributed by atoms with Gasteiger partial charge < -0.3 is 14.6 Å². The highest BCUT2D eigenvalue weighted by molar-refractivity contribution is 7.98. The molecule has 1 N–H and O–H groups in total. The van der Waals surface area contributed by atoms with Gasteiger partial charge in [-0.05, 0) is 31.2 Å². The number of carbonyl (C=O) groups is 2. The maximum atomic E-state index is 13.5. The molecule has 7 nitrogen and oxygen atoms in total. The van der Waals surface area contributed by atoms with Crippen LogP contribution in [0.15, 0.2) is 58.2 Å². The van der Waals surface area contributed by atoms with Gasteiger partial charge in [0.15, 0.2) is 6.61 Å². The molecule has 3 rings (SSSR count). The topological polar surface area (TPSA) is 94.3 Å². The maximum Gasteiger partial charge on any atom is 0.341 e. The number of halogens is 1. The first kappa shape index (κ1) is 19.6. The molecule has 0 atom stereocenters. The molecule has 0 spiro atoms. The summed E-state index contributed by atoms with van der Waals surface area (Å²) in [6, 6.07) is 10.7. The first-order chi connectivity index (χ1) is 13.5. The molecule has 0 bridgehead atoms.